The second kappa shape index (κ2) is 10.1. The number of amidine groups is 1. The van der Waals surface area contributed by atoms with Gasteiger partial charge in [0.15, 0.2) is 6.04 Å². The van der Waals surface area contributed by atoms with Crippen LogP contribution in [-0.2, 0) is 21.4 Å². The molecule has 1 aliphatic heterocycles. The van der Waals surface area contributed by atoms with Crippen molar-refractivity contribution in [3.8, 4) is 0 Å². The van der Waals surface area contributed by atoms with Crippen molar-refractivity contribution in [1.29, 1.82) is 0 Å². The molecule has 1 N–H and O–H groups in total. The van der Waals surface area contributed by atoms with Crippen molar-refractivity contribution in [2.45, 2.75) is 73.8 Å². The fourth-order valence-electron chi connectivity index (χ4n) is 6.29. The lowest BCUT2D eigenvalue weighted by Gasteiger charge is -2.73. The van der Waals surface area contributed by atoms with Crippen molar-refractivity contribution in [2.75, 3.05) is 13.6 Å². The molecule has 0 spiro atoms. The molecule has 3 saturated carbocycles. The third-order valence-corrected chi connectivity index (χ3v) is 10.8. The third-order valence-electron chi connectivity index (χ3n) is 8.52. The van der Waals surface area contributed by atoms with E-state index in [-0.39, 0.29) is 16.5 Å². The van der Waals surface area contributed by atoms with Gasteiger partial charge in [0.2, 0.25) is 15.9 Å². The Kier molecular flexibility index (Phi) is 7.41. The monoisotopic (exact) mass is 650 g/mol. The third kappa shape index (κ3) is 5.28. The van der Waals surface area contributed by atoms with E-state index in [4.69, 9.17) is 11.6 Å². The summed E-state index contributed by atoms with van der Waals surface area (Å²) >= 11 is 5.82. The van der Waals surface area contributed by atoms with Gasteiger partial charge in [0, 0.05) is 24.5 Å². The number of carbonyl (C=O) groups excluding carboxylic acids is 1. The average Bonchev–Trinajstić information content (AvgIpc) is 3.17. The van der Waals surface area contributed by atoms with E-state index in [2.05, 4.69) is 10.3 Å². The summed E-state index contributed by atoms with van der Waals surface area (Å²) in [6, 6.07) is 10.6. The van der Waals surface area contributed by atoms with E-state index in [0.717, 1.165) is 7.05 Å². The molecular weight excluding hydrogens is 622 g/mol. The zero-order valence-electron chi connectivity index (χ0n) is 23.4. The molecule has 0 aromatic heterocycles. The van der Waals surface area contributed by atoms with Crippen molar-refractivity contribution in [1.82, 2.24) is 14.5 Å². The number of carbonyl (C=O) groups is 1. The Hall–Kier alpha value is -2.84. The first kappa shape index (κ1) is 31.6. The van der Waals surface area contributed by atoms with Crippen molar-refractivity contribution < 1.29 is 39.6 Å². The zero-order chi connectivity index (χ0) is 31.8. The fraction of sp³-hybridized carbons (Fsp3) is 0.500. The molecule has 2 bridgehead atoms. The van der Waals surface area contributed by atoms with E-state index in [0.29, 0.717) is 35.6 Å². The standard InChI is InChI=1S/C28H29ClF6N4O3S/c1-24(2)21(22(40)38(3)16-27(31,32)28(33,34)35)36-23(37-24)25-13-26(14-25,15-25)39(12-17-9-10-19(29)20(30)11-17)43(41,42)18-7-5-4-6-8-18/h4-11,21H,12-16H2,1-3H3,(H,36,37)/t21-,25?,26?/m0/s1. The highest BCUT2D eigenvalue weighted by Crippen LogP contribution is 2.71. The number of hydrogen-bond acceptors (Lipinski definition) is 5. The molecule has 7 nitrogen and oxygen atoms in total. The molecule has 0 radical (unpaired) electrons. The Morgan fingerprint density at radius 2 is 1.67 bits per heavy atom. The van der Waals surface area contributed by atoms with E-state index < -0.39 is 62.9 Å². The van der Waals surface area contributed by atoms with Gasteiger partial charge in [-0.25, -0.2) is 12.8 Å². The summed E-state index contributed by atoms with van der Waals surface area (Å²) in [4.78, 5) is 17.9. The second-order valence-electron chi connectivity index (χ2n) is 12.2. The minimum Gasteiger partial charge on any atom is -0.366 e. The summed E-state index contributed by atoms with van der Waals surface area (Å²) < 4.78 is 109. The van der Waals surface area contributed by atoms with E-state index >= 15 is 0 Å². The number of amides is 1. The van der Waals surface area contributed by atoms with Gasteiger partial charge in [0.25, 0.3) is 0 Å². The number of likely N-dealkylation sites (N-methyl/N-ethyl adjacent to an activating group) is 1. The molecule has 0 unspecified atom stereocenters. The molecule has 6 rings (SSSR count). The van der Waals surface area contributed by atoms with Gasteiger partial charge in [-0.05, 0) is 62.9 Å². The van der Waals surface area contributed by atoms with Gasteiger partial charge in [0.1, 0.15) is 11.7 Å². The predicted octanol–water partition coefficient (Wildman–Crippen LogP) is 5.40. The number of aliphatic imine (C=N–C) groups is 1. The number of halogens is 7. The van der Waals surface area contributed by atoms with Crippen LogP contribution in [0.4, 0.5) is 26.3 Å². The SMILES string of the molecule is CN(CC(F)(F)C(F)(F)F)C(=O)[C@@H]1N=C(C23CC(N(Cc4ccc(Cl)c(F)c4)S(=O)(=O)c4ccccc4)(C2)C3)NC1(C)C. The van der Waals surface area contributed by atoms with Crippen molar-refractivity contribution in [2.24, 2.45) is 10.4 Å². The lowest BCUT2D eigenvalue weighted by molar-refractivity contribution is -0.284. The molecule has 0 saturated heterocycles. The molecule has 3 aliphatic carbocycles. The van der Waals surface area contributed by atoms with E-state index in [9.17, 15) is 39.6 Å². The number of alkyl halides is 5. The van der Waals surface area contributed by atoms with Crippen LogP contribution in [0.2, 0.25) is 5.02 Å². The largest absolute Gasteiger partial charge is 0.455 e. The number of nitrogens with one attached hydrogen (secondary N) is 1. The first-order valence-electron chi connectivity index (χ1n) is 13.3. The Morgan fingerprint density at radius 3 is 2.23 bits per heavy atom. The molecule has 2 aromatic rings. The van der Waals surface area contributed by atoms with Gasteiger partial charge in [-0.3, -0.25) is 9.79 Å². The maximum atomic E-state index is 14.2. The van der Waals surface area contributed by atoms with Gasteiger partial charge in [-0.2, -0.15) is 26.3 Å². The second-order valence-corrected chi connectivity index (χ2v) is 14.5. The number of rotatable bonds is 9. The number of nitrogens with zero attached hydrogens (tertiary/aromatic N) is 3. The van der Waals surface area contributed by atoms with Crippen LogP contribution < -0.4 is 5.32 Å². The predicted molar refractivity (Wildman–Crippen MR) is 147 cm³/mol. The first-order chi connectivity index (χ1) is 19.7. The highest BCUT2D eigenvalue weighted by atomic mass is 35.5. The Labute approximate surface area is 249 Å². The molecule has 15 heteroatoms. The average molecular weight is 651 g/mol. The van der Waals surface area contributed by atoms with Gasteiger partial charge >= 0.3 is 12.1 Å². The van der Waals surface area contributed by atoms with Crippen LogP contribution in [0.1, 0.15) is 38.7 Å². The molecule has 3 fully saturated rings. The summed E-state index contributed by atoms with van der Waals surface area (Å²) in [6.07, 6.45) is -4.88. The van der Waals surface area contributed by atoms with E-state index in [1.165, 1.54) is 28.6 Å². The number of sulfonamides is 1. The van der Waals surface area contributed by atoms with Crippen LogP contribution >= 0.6 is 11.6 Å². The summed E-state index contributed by atoms with van der Waals surface area (Å²) in [6.45, 7) is 1.19. The summed E-state index contributed by atoms with van der Waals surface area (Å²) in [5, 5.41) is 3.04. The van der Waals surface area contributed by atoms with Gasteiger partial charge in [-0.1, -0.05) is 35.9 Å². The van der Waals surface area contributed by atoms with Crippen LogP contribution in [0.15, 0.2) is 58.4 Å². The molecule has 43 heavy (non-hydrogen) atoms. The first-order valence-corrected chi connectivity index (χ1v) is 15.1. The lowest BCUT2D eigenvalue weighted by Crippen LogP contribution is -2.78. The number of hydrogen-bond donors (Lipinski definition) is 1. The smallest absolute Gasteiger partial charge is 0.366 e. The van der Waals surface area contributed by atoms with Crippen LogP contribution in [0.5, 0.6) is 0 Å². The summed E-state index contributed by atoms with van der Waals surface area (Å²) in [5.41, 5.74) is -2.20. The number of benzene rings is 2. The van der Waals surface area contributed by atoms with Gasteiger partial charge < -0.3 is 10.2 Å². The van der Waals surface area contributed by atoms with Gasteiger partial charge in [-0.15, -0.1) is 0 Å². The minimum absolute atomic E-state index is 0.0602. The molecule has 1 heterocycles. The Morgan fingerprint density at radius 1 is 1.07 bits per heavy atom. The van der Waals surface area contributed by atoms with E-state index in [1.54, 1.807) is 38.1 Å². The minimum atomic E-state index is -5.82. The van der Waals surface area contributed by atoms with Gasteiger partial charge in [0.05, 0.1) is 22.0 Å². The van der Waals surface area contributed by atoms with Crippen LogP contribution in [0, 0.1) is 11.2 Å². The molecule has 1 atom stereocenters. The van der Waals surface area contributed by atoms with Crippen LogP contribution in [0.3, 0.4) is 0 Å². The molecule has 2 aromatic carbocycles. The normalized spacial score (nSPS) is 26.3. The van der Waals surface area contributed by atoms with E-state index in [1.807, 2.05) is 0 Å². The Balaban J connectivity index is 1.38. The fourth-order valence-corrected chi connectivity index (χ4v) is 8.18. The van der Waals surface area contributed by atoms with Crippen LogP contribution in [0.25, 0.3) is 0 Å². The molecule has 234 valence electrons. The highest BCUT2D eigenvalue weighted by molar-refractivity contribution is 7.89. The Bertz CT molecular complexity index is 1560. The molecular formula is C28H29ClF6N4O3S. The molecule has 1 amide bonds. The summed E-state index contributed by atoms with van der Waals surface area (Å²) in [7, 11) is -3.18. The van der Waals surface area contributed by atoms with Crippen molar-refractivity contribution >= 4 is 33.4 Å². The van der Waals surface area contributed by atoms with Crippen molar-refractivity contribution in [3.63, 3.8) is 0 Å². The quantitative estimate of drug-likeness (QED) is 0.369. The maximum absolute atomic E-state index is 14.2. The maximum Gasteiger partial charge on any atom is 0.455 e. The highest BCUT2D eigenvalue weighted by Gasteiger charge is 2.75. The zero-order valence-corrected chi connectivity index (χ0v) is 24.9. The topological polar surface area (TPSA) is 82.1 Å². The van der Waals surface area contributed by atoms with Crippen LogP contribution in [-0.4, -0.2) is 72.2 Å². The molecule has 4 aliphatic rings. The van der Waals surface area contributed by atoms with Crippen molar-refractivity contribution in [3.05, 3.63) is 64.9 Å². The lowest BCUT2D eigenvalue weighted by atomic mass is 9.38. The summed E-state index contributed by atoms with van der Waals surface area (Å²) in [5.74, 6) is -6.41.